The van der Waals surface area contributed by atoms with Gasteiger partial charge in [-0.1, -0.05) is 13.8 Å². The molecule has 2 N–H and O–H groups in total. The van der Waals surface area contributed by atoms with E-state index in [1.54, 1.807) is 47.1 Å². The van der Waals surface area contributed by atoms with Crippen LogP contribution in [-0.4, -0.2) is 65.4 Å². The van der Waals surface area contributed by atoms with Crippen molar-refractivity contribution >= 4 is 88.6 Å². The summed E-state index contributed by atoms with van der Waals surface area (Å²) in [5.74, 6) is -0.632. The van der Waals surface area contributed by atoms with E-state index in [-0.39, 0.29) is 87.2 Å². The zero-order chi connectivity index (χ0) is 34.2. The minimum atomic E-state index is -0.976. The average Bonchev–Trinajstić information content (AvgIpc) is 3.83. The normalized spacial score (nSPS) is 12.1. The quantitative estimate of drug-likeness (QED) is 0.119. The van der Waals surface area contributed by atoms with Crippen LogP contribution in [0.25, 0.3) is 42.4 Å². The Morgan fingerprint density at radius 2 is 1.16 bits per heavy atom. The average molecular weight is 737 g/mol. The van der Waals surface area contributed by atoms with Crippen molar-refractivity contribution in [2.75, 3.05) is 21.3 Å². The van der Waals surface area contributed by atoms with Crippen LogP contribution in [-0.2, 0) is 14.3 Å². The fraction of sp³-hybridized carbons (Fsp3) is 0.333. The number of ether oxygens (including phenoxy) is 3. The predicted molar refractivity (Wildman–Crippen MR) is 179 cm³/mol. The van der Waals surface area contributed by atoms with Crippen LogP contribution in [0.4, 0.5) is 0 Å². The molecule has 254 valence electrons. The molecular formula is C33H33KN2O11S2. The molecule has 0 amide bonds. The molecule has 0 radical (unpaired) electrons. The fourth-order valence-electron chi connectivity index (χ4n) is 5.02. The second-order valence-corrected chi connectivity index (χ2v) is 13.1. The Labute approximate surface area is 330 Å². The number of hydrogen-bond acceptors (Lipinski definition) is 14. The van der Waals surface area contributed by atoms with E-state index in [1.165, 1.54) is 36.7 Å². The molecule has 0 saturated heterocycles. The van der Waals surface area contributed by atoms with Crippen LogP contribution in [0.5, 0.6) is 11.5 Å². The summed E-state index contributed by atoms with van der Waals surface area (Å²) < 4.78 is 28.3. The van der Waals surface area contributed by atoms with Crippen LogP contribution in [0.3, 0.4) is 0 Å². The first kappa shape index (κ1) is 40.2. The molecule has 6 aromatic rings. The Morgan fingerprint density at radius 3 is 1.53 bits per heavy atom. The summed E-state index contributed by atoms with van der Waals surface area (Å²) in [7, 11) is 4.43. The number of ketones is 2. The van der Waals surface area contributed by atoms with Gasteiger partial charge in [-0.05, 0) is 12.1 Å². The summed E-state index contributed by atoms with van der Waals surface area (Å²) in [6.07, 6.45) is 0.0812. The van der Waals surface area contributed by atoms with Crippen LogP contribution in [0.2, 0.25) is 0 Å². The summed E-state index contributed by atoms with van der Waals surface area (Å²) in [5, 5.41) is 10.6. The first-order chi connectivity index (χ1) is 22.3. The molecule has 0 aliphatic rings. The number of aryl methyl sites for hydroxylation is 2. The molecule has 4 aromatic heterocycles. The van der Waals surface area contributed by atoms with E-state index in [9.17, 15) is 19.2 Å². The maximum Gasteiger partial charge on any atom is 1.00 e. The SMILES string of the molecule is COC(=O)[C@@H](C)CC(=O)c1cc2c(cc(OC)c3oc(C)nc32)s1.COc1cc2sc(C(=O)C[C@H](C)C(=O)O)cc2c2nc(C)oc12.[K+].[OH-]. The van der Waals surface area contributed by atoms with E-state index >= 15 is 0 Å². The van der Waals surface area contributed by atoms with Crippen LogP contribution in [0.1, 0.15) is 57.8 Å². The van der Waals surface area contributed by atoms with Gasteiger partial charge < -0.3 is 33.6 Å². The molecule has 0 fully saturated rings. The zero-order valence-electron chi connectivity index (χ0n) is 28.2. The predicted octanol–water partition coefficient (Wildman–Crippen LogP) is 4.22. The Kier molecular flexibility index (Phi) is 13.7. The van der Waals surface area contributed by atoms with E-state index in [2.05, 4.69) is 14.7 Å². The third-order valence-corrected chi connectivity index (χ3v) is 9.72. The molecule has 0 aliphatic heterocycles. The Hall–Kier alpha value is -3.22. The Morgan fingerprint density at radius 1 is 0.755 bits per heavy atom. The van der Waals surface area contributed by atoms with Crippen molar-refractivity contribution in [3.05, 3.63) is 45.8 Å². The van der Waals surface area contributed by atoms with Gasteiger partial charge in [-0.15, -0.1) is 22.7 Å². The molecule has 0 bridgehead atoms. The van der Waals surface area contributed by atoms with Crippen molar-refractivity contribution in [1.82, 2.24) is 9.97 Å². The number of oxazole rings is 2. The van der Waals surface area contributed by atoms with Gasteiger partial charge in [0.15, 0.2) is 46.0 Å². The summed E-state index contributed by atoms with van der Waals surface area (Å²) in [6.45, 7) is 6.72. The van der Waals surface area contributed by atoms with Gasteiger partial charge in [0.2, 0.25) is 0 Å². The summed E-state index contributed by atoms with van der Waals surface area (Å²) in [4.78, 5) is 57.0. The number of carbonyl (C=O) groups excluding carboxylic acids is 3. The number of aliphatic carboxylic acids is 1. The van der Waals surface area contributed by atoms with Gasteiger partial charge >= 0.3 is 63.3 Å². The van der Waals surface area contributed by atoms with Gasteiger partial charge in [0.25, 0.3) is 0 Å². The second-order valence-electron chi connectivity index (χ2n) is 10.9. The molecule has 2 aromatic carbocycles. The first-order valence-electron chi connectivity index (χ1n) is 14.5. The molecule has 2 atom stereocenters. The van der Waals surface area contributed by atoms with Crippen LogP contribution < -0.4 is 60.9 Å². The number of methoxy groups -OCH3 is 3. The molecule has 0 saturated carbocycles. The number of thiophene rings is 2. The molecule has 16 heteroatoms. The smallest absolute Gasteiger partial charge is 0.870 e. The standard InChI is InChI=1S/C17H17NO5S.C16H15NO5S.K.H2O/c1-8(17(20)22-4)5-11(19)14-6-10-13(24-14)7-12(21-3)16-15(10)18-9(2)23-16;1-7(16(19)20)4-10(18)13-5-9-12(23-13)6-11(21-3)15-14(9)17-8(2)22-15;;/h6-8H,5H2,1-4H3;5-7H,4H2,1-3H3,(H,19,20);;1H2/q;;+1;/p-1/t8-;7-;;/m00../s1. The number of fused-ring (bicyclic) bond motifs is 6. The Bertz CT molecular complexity index is 2180. The molecule has 13 nitrogen and oxygen atoms in total. The van der Waals surface area contributed by atoms with Crippen molar-refractivity contribution in [2.45, 2.75) is 40.5 Å². The number of benzene rings is 2. The van der Waals surface area contributed by atoms with Crippen molar-refractivity contribution in [1.29, 1.82) is 0 Å². The van der Waals surface area contributed by atoms with Crippen molar-refractivity contribution in [3.8, 4) is 11.5 Å². The van der Waals surface area contributed by atoms with Gasteiger partial charge in [0.1, 0.15) is 11.0 Å². The number of carbonyl (C=O) groups is 4. The van der Waals surface area contributed by atoms with Gasteiger partial charge in [0, 0.05) is 59.0 Å². The summed E-state index contributed by atoms with van der Waals surface area (Å²) >= 11 is 2.67. The van der Waals surface area contributed by atoms with Gasteiger partial charge in [-0.3, -0.25) is 19.2 Å². The number of aromatic nitrogens is 2. The minimum absolute atomic E-state index is 0. The number of Topliss-reactive ketones (excluding diaryl/α,β-unsaturated/α-hetero) is 2. The zero-order valence-corrected chi connectivity index (χ0v) is 32.9. The van der Waals surface area contributed by atoms with Crippen LogP contribution >= 0.6 is 22.7 Å². The Balaban J connectivity index is 0.000000255. The van der Waals surface area contributed by atoms with Crippen molar-refractivity contribution < 1.29 is 104 Å². The maximum absolute atomic E-state index is 12.5. The van der Waals surface area contributed by atoms with E-state index in [0.29, 0.717) is 55.2 Å². The van der Waals surface area contributed by atoms with E-state index in [1.807, 2.05) is 12.1 Å². The third kappa shape index (κ3) is 8.40. The molecule has 4 heterocycles. The fourth-order valence-corrected chi connectivity index (χ4v) is 7.11. The molecule has 0 spiro atoms. The summed E-state index contributed by atoms with van der Waals surface area (Å²) in [6, 6.07) is 7.20. The molecule has 6 rings (SSSR count). The molecule has 49 heavy (non-hydrogen) atoms. The van der Waals surface area contributed by atoms with Gasteiger partial charge in [0.05, 0.1) is 42.9 Å². The molecule has 0 aliphatic carbocycles. The van der Waals surface area contributed by atoms with Gasteiger partial charge in [-0.2, -0.15) is 0 Å². The van der Waals surface area contributed by atoms with E-state index < -0.39 is 17.8 Å². The first-order valence-corrected chi connectivity index (χ1v) is 16.1. The maximum atomic E-state index is 12.5. The number of esters is 1. The van der Waals surface area contributed by atoms with Crippen LogP contribution in [0, 0.1) is 25.7 Å². The number of hydrogen-bond donors (Lipinski definition) is 1. The number of rotatable bonds is 10. The van der Waals surface area contributed by atoms with Crippen LogP contribution in [0.15, 0.2) is 33.1 Å². The van der Waals surface area contributed by atoms with E-state index in [0.717, 1.165) is 20.2 Å². The van der Waals surface area contributed by atoms with Crippen molar-refractivity contribution in [3.63, 3.8) is 0 Å². The monoisotopic (exact) mass is 736 g/mol. The second kappa shape index (κ2) is 16.7. The third-order valence-electron chi connectivity index (χ3n) is 7.47. The topological polar surface area (TPSA) is 198 Å². The number of carboxylic acids is 1. The summed E-state index contributed by atoms with van der Waals surface area (Å²) in [5.41, 5.74) is 2.45. The van der Waals surface area contributed by atoms with E-state index in [4.69, 9.17) is 23.4 Å². The number of nitrogens with zero attached hydrogens (tertiary/aromatic N) is 2. The van der Waals surface area contributed by atoms with Gasteiger partial charge in [-0.25, -0.2) is 9.97 Å². The number of carboxylic acid groups (broad SMARTS) is 1. The minimum Gasteiger partial charge on any atom is -0.870 e. The largest absolute Gasteiger partial charge is 1.00 e. The molecular weight excluding hydrogens is 704 g/mol. The van der Waals surface area contributed by atoms with Crippen molar-refractivity contribution in [2.24, 2.45) is 11.8 Å². The molecule has 0 unspecified atom stereocenters.